The van der Waals surface area contributed by atoms with Crippen LogP contribution in [0.25, 0.3) is 10.4 Å². The van der Waals surface area contributed by atoms with Crippen molar-refractivity contribution in [3.05, 3.63) is 34.7 Å². The molecule has 1 amide bonds. The Morgan fingerprint density at radius 3 is 2.89 bits per heavy atom. The Balaban J connectivity index is 2.23. The van der Waals surface area contributed by atoms with E-state index in [2.05, 4.69) is 10.0 Å². The molecule has 1 aromatic rings. The van der Waals surface area contributed by atoms with E-state index >= 15 is 0 Å². The molecule has 0 radical (unpaired) electrons. The van der Waals surface area contributed by atoms with Crippen LogP contribution in [0.3, 0.4) is 0 Å². The second-order valence-corrected chi connectivity index (χ2v) is 4.42. The lowest BCUT2D eigenvalue weighted by atomic mass is 9.78. The zero-order chi connectivity index (χ0) is 13.8. The van der Waals surface area contributed by atoms with Crippen LogP contribution >= 0.6 is 0 Å². The van der Waals surface area contributed by atoms with Gasteiger partial charge >= 0.3 is 7.12 Å². The number of anilines is 1. The highest BCUT2D eigenvalue weighted by molar-refractivity contribution is 6.60. The largest absolute Gasteiger partial charge is 0.490 e. The fourth-order valence-corrected chi connectivity index (χ4v) is 2.24. The van der Waals surface area contributed by atoms with E-state index in [4.69, 9.17) is 5.53 Å². The van der Waals surface area contributed by atoms with Crippen molar-refractivity contribution in [2.75, 3.05) is 18.0 Å². The quantitative estimate of drug-likeness (QED) is 0.345. The van der Waals surface area contributed by atoms with Crippen LogP contribution in [-0.2, 0) is 4.79 Å². The number of amides is 1. The molecule has 1 fully saturated rings. The molecule has 1 aliphatic heterocycles. The number of azide groups is 1. The first-order chi connectivity index (χ1) is 9.13. The minimum Gasteiger partial charge on any atom is -0.423 e. The maximum absolute atomic E-state index is 12.0. The van der Waals surface area contributed by atoms with Gasteiger partial charge in [0.05, 0.1) is 0 Å². The lowest BCUT2D eigenvalue weighted by Crippen LogP contribution is -2.38. The Morgan fingerprint density at radius 2 is 2.21 bits per heavy atom. The third-order valence-corrected chi connectivity index (χ3v) is 3.11. The summed E-state index contributed by atoms with van der Waals surface area (Å²) >= 11 is 0. The Labute approximate surface area is 110 Å². The van der Waals surface area contributed by atoms with Gasteiger partial charge in [-0.3, -0.25) is 4.79 Å². The van der Waals surface area contributed by atoms with Crippen LogP contribution in [0.1, 0.15) is 6.42 Å². The van der Waals surface area contributed by atoms with E-state index in [1.165, 1.54) is 4.90 Å². The van der Waals surface area contributed by atoms with Crippen LogP contribution in [-0.4, -0.2) is 36.2 Å². The SMILES string of the molecule is [N-]=[N+]=NCC1CC(=O)N(c2ccccc2B(O)O)C1. The van der Waals surface area contributed by atoms with Crippen molar-refractivity contribution < 1.29 is 14.8 Å². The number of hydrogen-bond acceptors (Lipinski definition) is 4. The molecule has 2 rings (SSSR count). The van der Waals surface area contributed by atoms with Crippen molar-refractivity contribution in [2.45, 2.75) is 6.42 Å². The minimum absolute atomic E-state index is 0.0349. The van der Waals surface area contributed by atoms with Crippen molar-refractivity contribution in [1.82, 2.24) is 0 Å². The van der Waals surface area contributed by atoms with Crippen molar-refractivity contribution in [2.24, 2.45) is 11.0 Å². The van der Waals surface area contributed by atoms with E-state index < -0.39 is 7.12 Å². The van der Waals surface area contributed by atoms with E-state index in [0.29, 0.717) is 24.1 Å². The van der Waals surface area contributed by atoms with E-state index in [9.17, 15) is 14.8 Å². The first-order valence-corrected chi connectivity index (χ1v) is 5.89. The summed E-state index contributed by atoms with van der Waals surface area (Å²) in [5.41, 5.74) is 9.07. The predicted octanol–water partition coefficient (Wildman–Crippen LogP) is 0.0296. The Kier molecular flexibility index (Phi) is 4.06. The van der Waals surface area contributed by atoms with Gasteiger partial charge in [-0.05, 0) is 17.5 Å². The monoisotopic (exact) mass is 260 g/mol. The highest BCUT2D eigenvalue weighted by Crippen LogP contribution is 2.24. The lowest BCUT2D eigenvalue weighted by Gasteiger charge is -2.20. The molecule has 7 nitrogen and oxygen atoms in total. The van der Waals surface area contributed by atoms with Crippen molar-refractivity contribution >= 4 is 24.2 Å². The standard InChI is InChI=1S/C11H13BN4O3/c13-15-14-6-8-5-11(17)16(7-8)10-4-2-1-3-9(10)12(18)19/h1-4,8,18-19H,5-7H2. The van der Waals surface area contributed by atoms with Gasteiger partial charge in [0, 0.05) is 35.6 Å². The second kappa shape index (κ2) is 5.75. The molecule has 2 N–H and O–H groups in total. The molecule has 0 aromatic heterocycles. The number of benzene rings is 1. The van der Waals surface area contributed by atoms with Gasteiger partial charge in [0.15, 0.2) is 0 Å². The van der Waals surface area contributed by atoms with Crippen molar-refractivity contribution in [3.8, 4) is 0 Å². The summed E-state index contributed by atoms with van der Waals surface area (Å²) < 4.78 is 0. The summed E-state index contributed by atoms with van der Waals surface area (Å²) in [4.78, 5) is 16.1. The first-order valence-electron chi connectivity index (χ1n) is 5.89. The Morgan fingerprint density at radius 1 is 1.47 bits per heavy atom. The van der Waals surface area contributed by atoms with E-state index in [0.717, 1.165) is 0 Å². The highest BCUT2D eigenvalue weighted by atomic mass is 16.4. The van der Waals surface area contributed by atoms with Crippen molar-refractivity contribution in [1.29, 1.82) is 0 Å². The molecule has 1 unspecified atom stereocenters. The van der Waals surface area contributed by atoms with Crippen LogP contribution < -0.4 is 10.4 Å². The molecular weight excluding hydrogens is 247 g/mol. The Bertz CT molecular complexity index is 530. The molecule has 0 spiro atoms. The summed E-state index contributed by atoms with van der Waals surface area (Å²) in [6.07, 6.45) is 0.300. The summed E-state index contributed by atoms with van der Waals surface area (Å²) in [5, 5.41) is 22.1. The van der Waals surface area contributed by atoms with Crippen LogP contribution in [0.2, 0.25) is 0 Å². The number of rotatable bonds is 4. The van der Waals surface area contributed by atoms with Gasteiger partial charge in [0.1, 0.15) is 0 Å². The molecule has 1 heterocycles. The molecule has 1 aliphatic rings. The summed E-state index contributed by atoms with van der Waals surface area (Å²) in [6.45, 7) is 0.685. The van der Waals surface area contributed by atoms with Gasteiger partial charge < -0.3 is 14.9 Å². The lowest BCUT2D eigenvalue weighted by molar-refractivity contribution is -0.117. The molecular formula is C11H13BN4O3. The third kappa shape index (κ3) is 2.87. The fraction of sp³-hybridized carbons (Fsp3) is 0.364. The topological polar surface area (TPSA) is 110 Å². The number of carbonyl (C=O) groups excluding carboxylic acids is 1. The van der Waals surface area contributed by atoms with Crippen molar-refractivity contribution in [3.63, 3.8) is 0 Å². The average Bonchev–Trinajstić information content (AvgIpc) is 2.77. The van der Waals surface area contributed by atoms with Crippen LogP contribution in [0.5, 0.6) is 0 Å². The second-order valence-electron chi connectivity index (χ2n) is 4.42. The maximum Gasteiger partial charge on any atom is 0.490 e. The Hall–Kier alpha value is -2.02. The molecule has 0 bridgehead atoms. The van der Waals surface area contributed by atoms with Gasteiger partial charge in [-0.2, -0.15) is 0 Å². The maximum atomic E-state index is 12.0. The molecule has 1 saturated heterocycles. The molecule has 8 heteroatoms. The van der Waals surface area contributed by atoms with Gasteiger partial charge in [-0.1, -0.05) is 23.3 Å². The predicted molar refractivity (Wildman–Crippen MR) is 70.7 cm³/mol. The van der Waals surface area contributed by atoms with Crippen LogP contribution in [0.15, 0.2) is 29.4 Å². The zero-order valence-electron chi connectivity index (χ0n) is 10.2. The summed E-state index contributed by atoms with van der Waals surface area (Å²) in [5.74, 6) is -0.140. The average molecular weight is 260 g/mol. The third-order valence-electron chi connectivity index (χ3n) is 3.11. The molecule has 98 valence electrons. The first kappa shape index (κ1) is 13.4. The smallest absolute Gasteiger partial charge is 0.423 e. The van der Waals surface area contributed by atoms with Gasteiger partial charge in [-0.15, -0.1) is 0 Å². The summed E-state index contributed by atoms with van der Waals surface area (Å²) in [6, 6.07) is 6.64. The zero-order valence-corrected chi connectivity index (χ0v) is 10.2. The fourth-order valence-electron chi connectivity index (χ4n) is 2.24. The van der Waals surface area contributed by atoms with Gasteiger partial charge in [0.2, 0.25) is 5.91 Å². The normalized spacial score (nSPS) is 18.3. The van der Waals surface area contributed by atoms with E-state index in [1.807, 2.05) is 0 Å². The van der Waals surface area contributed by atoms with Crippen LogP contribution in [0, 0.1) is 5.92 Å². The highest BCUT2D eigenvalue weighted by Gasteiger charge is 2.32. The number of carbonyl (C=O) groups is 1. The van der Waals surface area contributed by atoms with Crippen LogP contribution in [0.4, 0.5) is 5.69 Å². The minimum atomic E-state index is -1.62. The number of hydrogen-bond donors (Lipinski definition) is 2. The number of para-hydroxylation sites is 1. The van der Waals surface area contributed by atoms with E-state index in [-0.39, 0.29) is 18.4 Å². The number of nitrogens with zero attached hydrogens (tertiary/aromatic N) is 4. The molecule has 0 aliphatic carbocycles. The van der Waals surface area contributed by atoms with Gasteiger partial charge in [-0.25, -0.2) is 0 Å². The summed E-state index contributed by atoms with van der Waals surface area (Å²) in [7, 11) is -1.62. The molecule has 1 aromatic carbocycles. The molecule has 0 saturated carbocycles. The van der Waals surface area contributed by atoms with E-state index in [1.54, 1.807) is 24.3 Å². The van der Waals surface area contributed by atoms with Gasteiger partial charge in [0.25, 0.3) is 0 Å². The molecule has 1 atom stereocenters. The molecule has 19 heavy (non-hydrogen) atoms.